The molecule has 2 heterocycles. The number of amides is 1. The van der Waals surface area contributed by atoms with Gasteiger partial charge in [-0.15, -0.1) is 0 Å². The molecule has 0 bridgehead atoms. The summed E-state index contributed by atoms with van der Waals surface area (Å²) in [5, 5.41) is 3.01. The second-order valence-corrected chi connectivity index (χ2v) is 8.34. The first-order valence-corrected chi connectivity index (χ1v) is 10.3. The van der Waals surface area contributed by atoms with Gasteiger partial charge in [-0.1, -0.05) is 22.0 Å². The Kier molecular flexibility index (Phi) is 5.08. The number of halogens is 1. The van der Waals surface area contributed by atoms with Gasteiger partial charge >= 0.3 is 0 Å². The van der Waals surface area contributed by atoms with Crippen molar-refractivity contribution in [2.45, 2.75) is 32.6 Å². The average Bonchev–Trinajstić information content (AvgIpc) is 3.25. The van der Waals surface area contributed by atoms with E-state index in [1.165, 1.54) is 5.69 Å². The van der Waals surface area contributed by atoms with E-state index in [-0.39, 0.29) is 11.7 Å². The Morgan fingerprint density at radius 2 is 2.22 bits per heavy atom. The van der Waals surface area contributed by atoms with Crippen LogP contribution in [0.4, 0.5) is 5.69 Å². The van der Waals surface area contributed by atoms with E-state index < -0.39 is 0 Å². The normalized spacial score (nSPS) is 19.3. The number of nitrogens with one attached hydrogen (secondary N) is 1. The van der Waals surface area contributed by atoms with Crippen LogP contribution >= 0.6 is 15.9 Å². The van der Waals surface area contributed by atoms with Gasteiger partial charge in [-0.05, 0) is 43.9 Å². The number of fused-ring (bicyclic) bond motifs is 1. The first-order valence-electron chi connectivity index (χ1n) is 9.47. The molecule has 1 fully saturated rings. The lowest BCUT2D eigenvalue weighted by molar-refractivity contribution is 0.0914. The van der Waals surface area contributed by atoms with Crippen molar-refractivity contribution in [3.63, 3.8) is 0 Å². The van der Waals surface area contributed by atoms with E-state index in [1.807, 2.05) is 19.1 Å². The Morgan fingerprint density at radius 3 is 3.00 bits per heavy atom. The van der Waals surface area contributed by atoms with Gasteiger partial charge in [-0.3, -0.25) is 9.59 Å². The zero-order chi connectivity index (χ0) is 19.0. The lowest BCUT2D eigenvalue weighted by Crippen LogP contribution is -2.31. The van der Waals surface area contributed by atoms with Gasteiger partial charge in [0.1, 0.15) is 5.76 Å². The van der Waals surface area contributed by atoms with Crippen LogP contribution in [0.15, 0.2) is 33.2 Å². The lowest BCUT2D eigenvalue weighted by Gasteiger charge is -2.19. The summed E-state index contributed by atoms with van der Waals surface area (Å²) in [4.78, 5) is 27.1. The molecule has 1 N–H and O–H groups in total. The first kappa shape index (κ1) is 18.3. The van der Waals surface area contributed by atoms with Crippen molar-refractivity contribution in [2.24, 2.45) is 5.92 Å². The third-order valence-electron chi connectivity index (χ3n) is 5.52. The molecule has 1 aliphatic heterocycles. The number of benzene rings is 1. The van der Waals surface area contributed by atoms with Crippen molar-refractivity contribution in [3.05, 3.63) is 51.4 Å². The van der Waals surface area contributed by atoms with E-state index in [1.54, 1.807) is 0 Å². The molecule has 2 aliphatic rings. The number of hydrogen-bond donors (Lipinski definition) is 1. The SMILES string of the molecule is Cc1c(C(=O)NCC2CCN(c3cccc(Br)c3)C2)oc2c1C(=O)CCC2. The van der Waals surface area contributed by atoms with Crippen LogP contribution in [-0.4, -0.2) is 31.3 Å². The third-order valence-corrected chi connectivity index (χ3v) is 6.02. The molecule has 5 nitrogen and oxygen atoms in total. The molecule has 0 radical (unpaired) electrons. The van der Waals surface area contributed by atoms with Gasteiger partial charge in [0, 0.05) is 48.2 Å². The minimum atomic E-state index is -0.212. The smallest absolute Gasteiger partial charge is 0.287 e. The standard InChI is InChI=1S/C21H23BrN2O3/c1-13-19-17(25)6-3-7-18(19)27-20(13)21(26)23-11-14-8-9-24(12-14)16-5-2-4-15(22)10-16/h2,4-5,10,14H,3,6-9,11-12H2,1H3,(H,23,26). The molecule has 1 amide bonds. The van der Waals surface area contributed by atoms with Crippen LogP contribution in [0, 0.1) is 12.8 Å². The Hall–Kier alpha value is -2.08. The van der Waals surface area contributed by atoms with Crippen LogP contribution in [-0.2, 0) is 6.42 Å². The maximum absolute atomic E-state index is 12.6. The third kappa shape index (κ3) is 3.68. The van der Waals surface area contributed by atoms with Crippen molar-refractivity contribution in [2.75, 3.05) is 24.5 Å². The number of ketones is 1. The van der Waals surface area contributed by atoms with Crippen molar-refractivity contribution in [1.29, 1.82) is 0 Å². The predicted molar refractivity (Wildman–Crippen MR) is 108 cm³/mol. The Morgan fingerprint density at radius 1 is 1.37 bits per heavy atom. The summed E-state index contributed by atoms with van der Waals surface area (Å²) in [5.74, 6) is 1.26. The monoisotopic (exact) mass is 430 g/mol. The molecule has 1 aromatic heterocycles. The molecule has 6 heteroatoms. The number of Topliss-reactive ketones (excluding diaryl/α,β-unsaturated/α-hetero) is 1. The highest BCUT2D eigenvalue weighted by atomic mass is 79.9. The summed E-state index contributed by atoms with van der Waals surface area (Å²) in [6, 6.07) is 8.29. The molecular formula is C21H23BrN2O3. The van der Waals surface area contributed by atoms with E-state index >= 15 is 0 Å². The van der Waals surface area contributed by atoms with E-state index in [2.05, 4.69) is 38.3 Å². The molecule has 0 spiro atoms. The summed E-state index contributed by atoms with van der Waals surface area (Å²) in [5.41, 5.74) is 2.52. The summed E-state index contributed by atoms with van der Waals surface area (Å²) in [6.07, 6.45) is 3.12. The summed E-state index contributed by atoms with van der Waals surface area (Å²) in [7, 11) is 0. The summed E-state index contributed by atoms with van der Waals surface area (Å²) >= 11 is 3.52. The fourth-order valence-electron chi connectivity index (χ4n) is 4.09. The van der Waals surface area contributed by atoms with Crippen molar-refractivity contribution in [1.82, 2.24) is 5.32 Å². The molecule has 1 atom stereocenters. The molecule has 2 aromatic rings. The number of anilines is 1. The Balaban J connectivity index is 1.37. The van der Waals surface area contributed by atoms with Crippen LogP contribution in [0.2, 0.25) is 0 Å². The summed E-state index contributed by atoms with van der Waals surface area (Å²) < 4.78 is 6.81. The minimum Gasteiger partial charge on any atom is -0.455 e. The van der Waals surface area contributed by atoms with Crippen LogP contribution in [0.3, 0.4) is 0 Å². The molecule has 142 valence electrons. The molecule has 0 saturated carbocycles. The molecule has 1 aliphatic carbocycles. The second-order valence-electron chi connectivity index (χ2n) is 7.42. The Labute approximate surface area is 167 Å². The zero-order valence-corrected chi connectivity index (χ0v) is 17.0. The number of aryl methyl sites for hydroxylation is 1. The molecule has 27 heavy (non-hydrogen) atoms. The Bertz CT molecular complexity index is 890. The molecule has 4 rings (SSSR count). The maximum atomic E-state index is 12.6. The van der Waals surface area contributed by atoms with Crippen LogP contribution in [0.5, 0.6) is 0 Å². The average molecular weight is 431 g/mol. The van der Waals surface area contributed by atoms with Gasteiger partial charge in [0.15, 0.2) is 11.5 Å². The number of carbonyl (C=O) groups excluding carboxylic acids is 2. The quantitative estimate of drug-likeness (QED) is 0.791. The predicted octanol–water partition coefficient (Wildman–Crippen LogP) is 4.13. The minimum absolute atomic E-state index is 0.0945. The number of nitrogens with zero attached hydrogens (tertiary/aromatic N) is 1. The van der Waals surface area contributed by atoms with Crippen molar-refractivity contribution < 1.29 is 14.0 Å². The fourth-order valence-corrected chi connectivity index (χ4v) is 4.48. The molecule has 1 unspecified atom stereocenters. The number of rotatable bonds is 4. The molecular weight excluding hydrogens is 408 g/mol. The highest BCUT2D eigenvalue weighted by molar-refractivity contribution is 9.10. The van der Waals surface area contributed by atoms with Gasteiger partial charge in [0.25, 0.3) is 5.91 Å². The largest absolute Gasteiger partial charge is 0.455 e. The molecule has 1 saturated heterocycles. The van der Waals surface area contributed by atoms with Gasteiger partial charge < -0.3 is 14.6 Å². The van der Waals surface area contributed by atoms with Crippen LogP contribution < -0.4 is 10.2 Å². The van der Waals surface area contributed by atoms with Gasteiger partial charge in [0.05, 0.1) is 5.56 Å². The number of carbonyl (C=O) groups is 2. The van der Waals surface area contributed by atoms with E-state index in [0.29, 0.717) is 41.5 Å². The van der Waals surface area contributed by atoms with Crippen LogP contribution in [0.1, 0.15) is 51.5 Å². The highest BCUT2D eigenvalue weighted by Gasteiger charge is 2.29. The van der Waals surface area contributed by atoms with Gasteiger partial charge in [-0.2, -0.15) is 0 Å². The van der Waals surface area contributed by atoms with Gasteiger partial charge in [0.2, 0.25) is 0 Å². The fraction of sp³-hybridized carbons (Fsp3) is 0.429. The zero-order valence-electron chi connectivity index (χ0n) is 15.4. The number of hydrogen-bond acceptors (Lipinski definition) is 4. The van der Waals surface area contributed by atoms with Crippen molar-refractivity contribution >= 4 is 33.3 Å². The second kappa shape index (κ2) is 7.50. The first-order chi connectivity index (χ1) is 13.0. The summed E-state index contributed by atoms with van der Waals surface area (Å²) in [6.45, 7) is 4.33. The maximum Gasteiger partial charge on any atom is 0.287 e. The molecule has 1 aromatic carbocycles. The van der Waals surface area contributed by atoms with Crippen molar-refractivity contribution in [3.8, 4) is 0 Å². The van der Waals surface area contributed by atoms with Crippen LogP contribution in [0.25, 0.3) is 0 Å². The van der Waals surface area contributed by atoms with Gasteiger partial charge in [-0.25, -0.2) is 0 Å². The lowest BCUT2D eigenvalue weighted by atomic mass is 9.94. The number of furan rings is 1. The van der Waals surface area contributed by atoms with E-state index in [4.69, 9.17) is 4.42 Å². The van der Waals surface area contributed by atoms with E-state index in [0.717, 1.165) is 36.8 Å². The topological polar surface area (TPSA) is 62.6 Å². The van der Waals surface area contributed by atoms with E-state index in [9.17, 15) is 9.59 Å². The highest BCUT2D eigenvalue weighted by Crippen LogP contribution is 2.30.